The standard InChI is InChI=1S/C19H14O/c1-2-6-14(7-3-1)16-9-4-8-15-11-12-17(19(15)16)18-10-5-13-20-18/h1-13,17H. The van der Waals surface area contributed by atoms with E-state index in [-0.39, 0.29) is 5.92 Å². The average Bonchev–Trinajstić information content (AvgIpc) is 3.16. The fourth-order valence-electron chi connectivity index (χ4n) is 2.95. The van der Waals surface area contributed by atoms with Crippen LogP contribution in [-0.4, -0.2) is 0 Å². The van der Waals surface area contributed by atoms with Crippen LogP contribution in [0.2, 0.25) is 0 Å². The molecule has 0 N–H and O–H groups in total. The summed E-state index contributed by atoms with van der Waals surface area (Å²) in [5.74, 6) is 1.22. The van der Waals surface area contributed by atoms with Crippen LogP contribution in [0.4, 0.5) is 0 Å². The third-order valence-electron chi connectivity index (χ3n) is 3.85. The Balaban J connectivity index is 1.91. The molecule has 1 aliphatic rings. The Morgan fingerprint density at radius 3 is 2.50 bits per heavy atom. The number of furan rings is 1. The zero-order chi connectivity index (χ0) is 13.4. The zero-order valence-corrected chi connectivity index (χ0v) is 11.0. The predicted molar refractivity (Wildman–Crippen MR) is 81.5 cm³/mol. The quantitative estimate of drug-likeness (QED) is 0.623. The molecular weight excluding hydrogens is 244 g/mol. The van der Waals surface area contributed by atoms with E-state index in [0.717, 1.165) is 5.76 Å². The molecule has 0 fully saturated rings. The maximum atomic E-state index is 5.61. The largest absolute Gasteiger partial charge is 0.468 e. The monoisotopic (exact) mass is 258 g/mol. The van der Waals surface area contributed by atoms with Gasteiger partial charge >= 0.3 is 0 Å². The molecule has 3 aromatic rings. The Bertz CT molecular complexity index is 752. The highest BCUT2D eigenvalue weighted by molar-refractivity contribution is 5.78. The molecule has 1 heteroatoms. The number of benzene rings is 2. The molecule has 1 unspecified atom stereocenters. The zero-order valence-electron chi connectivity index (χ0n) is 11.0. The lowest BCUT2D eigenvalue weighted by Crippen LogP contribution is -1.97. The van der Waals surface area contributed by atoms with E-state index in [1.54, 1.807) is 6.26 Å². The van der Waals surface area contributed by atoms with E-state index in [1.807, 2.05) is 12.1 Å². The van der Waals surface area contributed by atoms with Crippen molar-refractivity contribution in [1.29, 1.82) is 0 Å². The second kappa shape index (κ2) is 4.53. The minimum Gasteiger partial charge on any atom is -0.468 e. The van der Waals surface area contributed by atoms with E-state index in [2.05, 4.69) is 60.7 Å². The highest BCUT2D eigenvalue weighted by Crippen LogP contribution is 2.41. The first-order valence-electron chi connectivity index (χ1n) is 6.83. The molecule has 4 rings (SSSR count). The summed E-state index contributed by atoms with van der Waals surface area (Å²) < 4.78 is 5.61. The number of allylic oxidation sites excluding steroid dienone is 1. The van der Waals surface area contributed by atoms with Gasteiger partial charge in [-0.15, -0.1) is 0 Å². The molecule has 1 heterocycles. The van der Waals surface area contributed by atoms with Crippen LogP contribution in [-0.2, 0) is 0 Å². The molecule has 0 saturated heterocycles. The normalized spacial score (nSPS) is 16.3. The van der Waals surface area contributed by atoms with Gasteiger partial charge in [0.2, 0.25) is 0 Å². The van der Waals surface area contributed by atoms with Crippen LogP contribution in [0.3, 0.4) is 0 Å². The summed E-state index contributed by atoms with van der Waals surface area (Å²) >= 11 is 0. The number of hydrogen-bond acceptors (Lipinski definition) is 1. The SMILES string of the molecule is C1=CC(c2ccco2)c2c1cccc2-c1ccccc1. The third kappa shape index (κ3) is 1.71. The number of rotatable bonds is 2. The van der Waals surface area contributed by atoms with Crippen molar-refractivity contribution in [2.45, 2.75) is 5.92 Å². The van der Waals surface area contributed by atoms with Gasteiger partial charge in [-0.25, -0.2) is 0 Å². The molecule has 1 nitrogen and oxygen atoms in total. The Kier molecular flexibility index (Phi) is 2.56. The van der Waals surface area contributed by atoms with Gasteiger partial charge < -0.3 is 4.42 Å². The topological polar surface area (TPSA) is 13.1 Å². The van der Waals surface area contributed by atoms with Gasteiger partial charge in [0, 0.05) is 0 Å². The molecule has 96 valence electrons. The third-order valence-corrected chi connectivity index (χ3v) is 3.85. The highest BCUT2D eigenvalue weighted by Gasteiger charge is 2.24. The van der Waals surface area contributed by atoms with Crippen molar-refractivity contribution >= 4 is 6.08 Å². The van der Waals surface area contributed by atoms with Gasteiger partial charge in [-0.1, -0.05) is 60.7 Å². The van der Waals surface area contributed by atoms with E-state index in [0.29, 0.717) is 0 Å². The Hall–Kier alpha value is -2.54. The Morgan fingerprint density at radius 2 is 1.70 bits per heavy atom. The summed E-state index contributed by atoms with van der Waals surface area (Å²) in [5, 5.41) is 0. The van der Waals surface area contributed by atoms with E-state index in [1.165, 1.54) is 22.3 Å². The fraction of sp³-hybridized carbons (Fsp3) is 0.0526. The highest BCUT2D eigenvalue weighted by atomic mass is 16.3. The molecule has 0 spiro atoms. The maximum Gasteiger partial charge on any atom is 0.115 e. The lowest BCUT2D eigenvalue weighted by Gasteiger charge is -2.14. The van der Waals surface area contributed by atoms with Crippen LogP contribution in [0.1, 0.15) is 22.8 Å². The fourth-order valence-corrected chi connectivity index (χ4v) is 2.95. The van der Waals surface area contributed by atoms with E-state index in [4.69, 9.17) is 4.42 Å². The van der Waals surface area contributed by atoms with E-state index >= 15 is 0 Å². The Labute approximate surface area is 118 Å². The van der Waals surface area contributed by atoms with Crippen LogP contribution in [0, 0.1) is 0 Å². The minimum absolute atomic E-state index is 0.219. The first kappa shape index (κ1) is 11.3. The summed E-state index contributed by atoms with van der Waals surface area (Å²) in [5.41, 5.74) is 5.17. The van der Waals surface area contributed by atoms with Crippen molar-refractivity contribution < 1.29 is 4.42 Å². The van der Waals surface area contributed by atoms with Gasteiger partial charge in [-0.2, -0.15) is 0 Å². The van der Waals surface area contributed by atoms with Gasteiger partial charge in [0.05, 0.1) is 12.2 Å². The molecule has 1 aromatic heterocycles. The van der Waals surface area contributed by atoms with Gasteiger partial charge in [-0.3, -0.25) is 0 Å². The van der Waals surface area contributed by atoms with Gasteiger partial charge in [0.1, 0.15) is 5.76 Å². The van der Waals surface area contributed by atoms with Crippen molar-refractivity contribution in [1.82, 2.24) is 0 Å². The summed E-state index contributed by atoms with van der Waals surface area (Å²) in [7, 11) is 0. The van der Waals surface area contributed by atoms with Crippen molar-refractivity contribution in [3.63, 3.8) is 0 Å². The first-order valence-corrected chi connectivity index (χ1v) is 6.83. The summed E-state index contributed by atoms with van der Waals surface area (Å²) in [6.45, 7) is 0. The second-order valence-corrected chi connectivity index (χ2v) is 5.03. The van der Waals surface area contributed by atoms with Crippen LogP contribution in [0.15, 0.2) is 77.4 Å². The summed E-state index contributed by atoms with van der Waals surface area (Å²) in [4.78, 5) is 0. The van der Waals surface area contributed by atoms with Crippen LogP contribution < -0.4 is 0 Å². The van der Waals surface area contributed by atoms with Gasteiger partial charge in [0.15, 0.2) is 0 Å². The minimum atomic E-state index is 0.219. The molecule has 2 aromatic carbocycles. The van der Waals surface area contributed by atoms with Gasteiger partial charge in [-0.05, 0) is 34.4 Å². The molecule has 0 aliphatic heterocycles. The van der Waals surface area contributed by atoms with Crippen LogP contribution in [0.25, 0.3) is 17.2 Å². The second-order valence-electron chi connectivity index (χ2n) is 5.03. The van der Waals surface area contributed by atoms with Crippen molar-refractivity contribution in [2.24, 2.45) is 0 Å². The van der Waals surface area contributed by atoms with Crippen molar-refractivity contribution in [2.75, 3.05) is 0 Å². The summed E-state index contributed by atoms with van der Waals surface area (Å²) in [6, 6.07) is 21.0. The van der Waals surface area contributed by atoms with Crippen LogP contribution >= 0.6 is 0 Å². The van der Waals surface area contributed by atoms with Crippen molar-refractivity contribution in [3.8, 4) is 11.1 Å². The number of hydrogen-bond donors (Lipinski definition) is 0. The molecule has 1 aliphatic carbocycles. The van der Waals surface area contributed by atoms with Crippen molar-refractivity contribution in [3.05, 3.63) is 89.9 Å². The molecule has 0 amide bonds. The lowest BCUT2D eigenvalue weighted by molar-refractivity contribution is 0.508. The molecule has 0 saturated carbocycles. The smallest absolute Gasteiger partial charge is 0.115 e. The summed E-state index contributed by atoms with van der Waals surface area (Å²) in [6.07, 6.45) is 6.15. The lowest BCUT2D eigenvalue weighted by atomic mass is 9.90. The Morgan fingerprint density at radius 1 is 0.800 bits per heavy atom. The maximum absolute atomic E-state index is 5.61. The molecule has 20 heavy (non-hydrogen) atoms. The first-order chi connectivity index (χ1) is 9.93. The molecule has 0 bridgehead atoms. The molecule has 1 atom stereocenters. The predicted octanol–water partition coefficient (Wildman–Crippen LogP) is 5.11. The number of fused-ring (bicyclic) bond motifs is 1. The van der Waals surface area contributed by atoms with Gasteiger partial charge in [0.25, 0.3) is 0 Å². The average molecular weight is 258 g/mol. The van der Waals surface area contributed by atoms with Crippen LogP contribution in [0.5, 0.6) is 0 Å². The molecule has 0 radical (unpaired) electrons. The molecular formula is C19H14O. The van der Waals surface area contributed by atoms with E-state index in [9.17, 15) is 0 Å². The van der Waals surface area contributed by atoms with E-state index < -0.39 is 0 Å².